The Morgan fingerprint density at radius 2 is 2.18 bits per heavy atom. The molecule has 0 radical (unpaired) electrons. The number of esters is 1. The number of hydrogen-bond donors (Lipinski definition) is 1. The molecular weight excluding hydrogens is 288 g/mol. The summed E-state index contributed by atoms with van der Waals surface area (Å²) >= 11 is 0. The van der Waals surface area contributed by atoms with Crippen molar-refractivity contribution in [2.45, 2.75) is 19.9 Å². The van der Waals surface area contributed by atoms with Gasteiger partial charge in [-0.3, -0.25) is 4.68 Å². The molecule has 1 aromatic rings. The minimum atomic E-state index is -0.444. The number of amides is 2. The van der Waals surface area contributed by atoms with Gasteiger partial charge in [0.25, 0.3) is 0 Å². The normalized spacial score (nSPS) is 13.7. The van der Waals surface area contributed by atoms with Gasteiger partial charge in [-0.05, 0) is 6.92 Å². The molecule has 0 fully saturated rings. The molecule has 2 heterocycles. The molecule has 0 saturated carbocycles. The highest BCUT2D eigenvalue weighted by molar-refractivity contribution is 5.89. The lowest BCUT2D eigenvalue weighted by atomic mass is 10.1. The molecule has 1 aliphatic heterocycles. The van der Waals surface area contributed by atoms with Crippen molar-refractivity contribution in [3.05, 3.63) is 17.0 Å². The van der Waals surface area contributed by atoms with E-state index in [4.69, 9.17) is 9.47 Å². The van der Waals surface area contributed by atoms with Crippen LogP contribution in [0.15, 0.2) is 0 Å². The highest BCUT2D eigenvalue weighted by Gasteiger charge is 2.29. The fourth-order valence-corrected chi connectivity index (χ4v) is 2.50. The van der Waals surface area contributed by atoms with E-state index >= 15 is 0 Å². The lowest BCUT2D eigenvalue weighted by molar-refractivity contribution is 0.0516. The van der Waals surface area contributed by atoms with Crippen molar-refractivity contribution in [3.63, 3.8) is 0 Å². The second kappa shape index (κ2) is 7.26. The van der Waals surface area contributed by atoms with Crippen LogP contribution in [0.5, 0.6) is 0 Å². The number of rotatable bonds is 5. The summed E-state index contributed by atoms with van der Waals surface area (Å²) in [4.78, 5) is 25.8. The van der Waals surface area contributed by atoms with Crippen LogP contribution in [0.1, 0.15) is 28.7 Å². The van der Waals surface area contributed by atoms with Crippen LogP contribution in [0.4, 0.5) is 4.79 Å². The van der Waals surface area contributed by atoms with Crippen molar-refractivity contribution < 1.29 is 19.1 Å². The smallest absolute Gasteiger partial charge is 0.359 e. The minimum absolute atomic E-state index is 0.165. The predicted octanol–water partition coefficient (Wildman–Crippen LogP) is 0.311. The summed E-state index contributed by atoms with van der Waals surface area (Å²) in [7, 11) is 3.39. The third-order valence-corrected chi connectivity index (χ3v) is 3.58. The van der Waals surface area contributed by atoms with Gasteiger partial charge in [-0.15, -0.1) is 0 Å². The monoisotopic (exact) mass is 310 g/mol. The summed E-state index contributed by atoms with van der Waals surface area (Å²) in [6.45, 7) is 3.92. The molecule has 0 saturated heterocycles. The van der Waals surface area contributed by atoms with E-state index in [1.54, 1.807) is 30.7 Å². The average molecular weight is 310 g/mol. The quantitative estimate of drug-likeness (QED) is 0.625. The maximum absolute atomic E-state index is 12.1. The largest absolute Gasteiger partial charge is 0.461 e. The number of aromatic nitrogens is 2. The Bertz CT molecular complexity index is 555. The van der Waals surface area contributed by atoms with Crippen molar-refractivity contribution >= 4 is 12.0 Å². The molecule has 0 spiro atoms. The van der Waals surface area contributed by atoms with Gasteiger partial charge in [-0.1, -0.05) is 0 Å². The van der Waals surface area contributed by atoms with Gasteiger partial charge < -0.3 is 19.7 Å². The van der Waals surface area contributed by atoms with Crippen LogP contribution < -0.4 is 5.32 Å². The van der Waals surface area contributed by atoms with Crippen LogP contribution in [0.3, 0.4) is 0 Å². The van der Waals surface area contributed by atoms with E-state index in [-0.39, 0.29) is 6.03 Å². The van der Waals surface area contributed by atoms with E-state index in [0.717, 1.165) is 11.3 Å². The number of ether oxygens (including phenoxy) is 2. The first-order chi connectivity index (χ1) is 10.6. The van der Waals surface area contributed by atoms with Crippen LogP contribution >= 0.6 is 0 Å². The highest BCUT2D eigenvalue weighted by atomic mass is 16.5. The second-order valence-electron chi connectivity index (χ2n) is 5.01. The summed E-state index contributed by atoms with van der Waals surface area (Å²) < 4.78 is 11.6. The number of hydrogen-bond acceptors (Lipinski definition) is 5. The summed E-state index contributed by atoms with van der Waals surface area (Å²) in [6, 6.07) is -0.165. The molecule has 0 aromatic carbocycles. The summed E-state index contributed by atoms with van der Waals surface area (Å²) in [6.07, 6.45) is 0.663. The molecule has 8 nitrogen and oxygen atoms in total. The lowest BCUT2D eigenvalue weighted by Crippen LogP contribution is -2.44. The summed E-state index contributed by atoms with van der Waals surface area (Å²) in [5.41, 5.74) is 2.05. The Morgan fingerprint density at radius 3 is 2.86 bits per heavy atom. The first-order valence-corrected chi connectivity index (χ1v) is 7.32. The molecule has 1 aromatic heterocycles. The average Bonchev–Trinajstić information content (AvgIpc) is 2.84. The van der Waals surface area contributed by atoms with Gasteiger partial charge in [0.1, 0.15) is 0 Å². The van der Waals surface area contributed by atoms with E-state index in [2.05, 4.69) is 10.4 Å². The van der Waals surface area contributed by atoms with Gasteiger partial charge in [-0.2, -0.15) is 5.10 Å². The molecule has 1 N–H and O–H groups in total. The van der Waals surface area contributed by atoms with Gasteiger partial charge in [0, 0.05) is 44.9 Å². The zero-order chi connectivity index (χ0) is 16.1. The molecule has 0 aliphatic carbocycles. The first-order valence-electron chi connectivity index (χ1n) is 7.32. The zero-order valence-corrected chi connectivity index (χ0v) is 13.2. The van der Waals surface area contributed by atoms with Crippen LogP contribution in [-0.4, -0.2) is 60.1 Å². The Morgan fingerprint density at radius 1 is 1.41 bits per heavy atom. The number of methoxy groups -OCH3 is 1. The van der Waals surface area contributed by atoms with Crippen molar-refractivity contribution in [2.24, 2.45) is 7.05 Å². The summed E-state index contributed by atoms with van der Waals surface area (Å²) in [5, 5.41) is 7.03. The Hall–Kier alpha value is -2.09. The Balaban J connectivity index is 2.11. The fourth-order valence-electron chi connectivity index (χ4n) is 2.50. The summed E-state index contributed by atoms with van der Waals surface area (Å²) in [5.74, 6) is -0.444. The second-order valence-corrected chi connectivity index (χ2v) is 5.01. The standard InChI is InChI=1S/C14H22N4O4/c1-4-22-13(19)12-10-9-18(14(20)15-6-8-21-3)7-5-11(10)17(2)16-12/h4-9H2,1-3H3,(H,15,20). The molecule has 2 amide bonds. The number of aryl methyl sites for hydroxylation is 1. The van der Waals surface area contributed by atoms with Crippen molar-refractivity contribution in [1.82, 2.24) is 20.0 Å². The number of fused-ring (bicyclic) bond motifs is 1. The van der Waals surface area contributed by atoms with E-state index in [9.17, 15) is 9.59 Å². The number of carbonyl (C=O) groups excluding carboxylic acids is 2. The van der Waals surface area contributed by atoms with Crippen LogP contribution in [0.25, 0.3) is 0 Å². The van der Waals surface area contributed by atoms with E-state index < -0.39 is 5.97 Å². The SMILES string of the molecule is CCOC(=O)c1nn(C)c2c1CN(C(=O)NCCOC)CC2. The van der Waals surface area contributed by atoms with Gasteiger partial charge in [0.15, 0.2) is 5.69 Å². The molecular formula is C14H22N4O4. The van der Waals surface area contributed by atoms with Gasteiger partial charge >= 0.3 is 12.0 Å². The lowest BCUT2D eigenvalue weighted by Gasteiger charge is -2.27. The number of nitrogens with one attached hydrogen (secondary N) is 1. The third-order valence-electron chi connectivity index (χ3n) is 3.58. The Labute approximate surface area is 129 Å². The van der Waals surface area contributed by atoms with Crippen molar-refractivity contribution in [3.8, 4) is 0 Å². The van der Waals surface area contributed by atoms with Gasteiger partial charge in [-0.25, -0.2) is 9.59 Å². The van der Waals surface area contributed by atoms with Crippen molar-refractivity contribution in [2.75, 3.05) is 33.4 Å². The van der Waals surface area contributed by atoms with E-state index in [0.29, 0.717) is 45.0 Å². The molecule has 1 aliphatic rings. The topological polar surface area (TPSA) is 85.7 Å². The minimum Gasteiger partial charge on any atom is -0.461 e. The number of urea groups is 1. The van der Waals surface area contributed by atoms with Gasteiger partial charge in [0.2, 0.25) is 0 Å². The predicted molar refractivity (Wildman–Crippen MR) is 78.6 cm³/mol. The molecule has 8 heteroatoms. The number of nitrogens with zero attached hydrogens (tertiary/aromatic N) is 3. The molecule has 122 valence electrons. The van der Waals surface area contributed by atoms with Crippen LogP contribution in [0.2, 0.25) is 0 Å². The molecule has 0 atom stereocenters. The molecule has 0 bridgehead atoms. The maximum Gasteiger partial charge on any atom is 0.359 e. The van der Waals surface area contributed by atoms with E-state index in [1.807, 2.05) is 0 Å². The first kappa shape index (κ1) is 16.3. The zero-order valence-electron chi connectivity index (χ0n) is 13.2. The third kappa shape index (κ3) is 3.38. The maximum atomic E-state index is 12.1. The van der Waals surface area contributed by atoms with Crippen molar-refractivity contribution in [1.29, 1.82) is 0 Å². The van der Waals surface area contributed by atoms with Crippen LogP contribution in [-0.2, 0) is 29.5 Å². The molecule has 0 unspecified atom stereocenters. The molecule has 22 heavy (non-hydrogen) atoms. The molecule has 2 rings (SSSR count). The highest BCUT2D eigenvalue weighted by Crippen LogP contribution is 2.22. The fraction of sp³-hybridized carbons (Fsp3) is 0.643. The number of carbonyl (C=O) groups is 2. The van der Waals surface area contributed by atoms with E-state index in [1.165, 1.54) is 0 Å². The Kier molecular flexibility index (Phi) is 5.37. The van der Waals surface area contributed by atoms with Gasteiger partial charge in [0.05, 0.1) is 19.8 Å². The van der Waals surface area contributed by atoms with Crippen LogP contribution in [0, 0.1) is 0 Å².